The van der Waals surface area contributed by atoms with Crippen LogP contribution in [0.25, 0.3) is 10.9 Å². The SMILES string of the molecule is O=c1[nH]c2ccccc2cc1C(F)(F)C(F)(F)C(F)(F)C(F)(F)C(F)(F)C(F)(F)F. The van der Waals surface area contributed by atoms with Crippen LogP contribution in [0.15, 0.2) is 35.1 Å². The van der Waals surface area contributed by atoms with Gasteiger partial charge in [0.15, 0.2) is 0 Å². The van der Waals surface area contributed by atoms with Gasteiger partial charge in [-0.1, -0.05) is 18.2 Å². The summed E-state index contributed by atoms with van der Waals surface area (Å²) in [6, 6.07) is 4.15. The number of aromatic nitrogens is 1. The van der Waals surface area contributed by atoms with Gasteiger partial charge in [0, 0.05) is 5.52 Å². The molecule has 0 aliphatic carbocycles. The molecule has 0 aliphatic heterocycles. The highest BCUT2D eigenvalue weighted by Crippen LogP contribution is 2.61. The number of para-hydroxylation sites is 1. The predicted molar refractivity (Wildman–Crippen MR) is 74.3 cm³/mol. The van der Waals surface area contributed by atoms with Gasteiger partial charge in [-0.3, -0.25) is 4.79 Å². The van der Waals surface area contributed by atoms with Crippen molar-refractivity contribution in [3.8, 4) is 0 Å². The summed E-state index contributed by atoms with van der Waals surface area (Å²) in [6.45, 7) is 0. The van der Waals surface area contributed by atoms with Crippen LogP contribution in [0.5, 0.6) is 0 Å². The molecule has 1 aromatic carbocycles. The number of rotatable bonds is 5. The zero-order chi connectivity index (χ0) is 23.6. The maximum absolute atomic E-state index is 14.1. The number of alkyl halides is 13. The molecule has 0 aliphatic rings. The summed E-state index contributed by atoms with van der Waals surface area (Å²) in [4.78, 5) is 13.2. The van der Waals surface area contributed by atoms with E-state index < -0.39 is 52.3 Å². The number of pyridine rings is 1. The maximum Gasteiger partial charge on any atom is 0.460 e. The van der Waals surface area contributed by atoms with Crippen molar-refractivity contribution in [1.82, 2.24) is 4.98 Å². The summed E-state index contributed by atoms with van der Waals surface area (Å²) in [6.07, 6.45) is -7.49. The number of halogens is 13. The van der Waals surface area contributed by atoms with Gasteiger partial charge in [0.05, 0.1) is 5.56 Å². The van der Waals surface area contributed by atoms with E-state index in [2.05, 4.69) is 0 Å². The van der Waals surface area contributed by atoms with Crippen LogP contribution >= 0.6 is 0 Å². The standard InChI is InChI=1S/C15H6F13NO/c16-10(17,7-5-6-3-1-2-4-8(6)29-9(7)30)11(18,19)12(20,21)13(22,23)14(24,25)15(26,27)28/h1-5H,(H,29,30). The predicted octanol–water partition coefficient (Wildman–Crippen LogP) is 5.72. The van der Waals surface area contributed by atoms with E-state index in [0.717, 1.165) is 18.2 Å². The van der Waals surface area contributed by atoms with Crippen molar-refractivity contribution in [3.63, 3.8) is 0 Å². The van der Waals surface area contributed by atoms with E-state index in [1.54, 1.807) is 4.98 Å². The molecular weight excluding hydrogens is 457 g/mol. The fourth-order valence-corrected chi connectivity index (χ4v) is 2.32. The first-order valence-corrected chi connectivity index (χ1v) is 7.32. The molecule has 30 heavy (non-hydrogen) atoms. The highest BCUT2D eigenvalue weighted by Gasteiger charge is 2.91. The Bertz CT molecular complexity index is 1010. The van der Waals surface area contributed by atoms with Gasteiger partial charge in [-0.2, -0.15) is 57.1 Å². The smallest absolute Gasteiger partial charge is 0.322 e. The van der Waals surface area contributed by atoms with Crippen LogP contribution in [0.2, 0.25) is 0 Å². The summed E-state index contributed by atoms with van der Waals surface area (Å²) in [5.74, 6) is -38.0. The first kappa shape index (κ1) is 23.8. The zero-order valence-electron chi connectivity index (χ0n) is 13.7. The van der Waals surface area contributed by atoms with E-state index in [1.165, 1.54) is 6.07 Å². The molecular formula is C15H6F13NO. The molecule has 2 rings (SSSR count). The quantitative estimate of drug-likeness (QED) is 0.566. The molecule has 0 saturated heterocycles. The largest absolute Gasteiger partial charge is 0.460 e. The molecule has 0 fully saturated rings. The van der Waals surface area contributed by atoms with Crippen LogP contribution in [-0.4, -0.2) is 34.9 Å². The molecule has 0 saturated carbocycles. The van der Waals surface area contributed by atoms with Crippen molar-refractivity contribution in [2.24, 2.45) is 0 Å². The van der Waals surface area contributed by atoms with Gasteiger partial charge >= 0.3 is 35.8 Å². The number of benzene rings is 1. The Morgan fingerprint density at radius 3 is 1.60 bits per heavy atom. The van der Waals surface area contributed by atoms with Gasteiger partial charge in [0.2, 0.25) is 0 Å². The molecule has 168 valence electrons. The lowest BCUT2D eigenvalue weighted by atomic mass is 9.90. The molecule has 2 nitrogen and oxygen atoms in total. The first-order chi connectivity index (χ1) is 13.2. The summed E-state index contributed by atoms with van der Waals surface area (Å²) in [5, 5.41) is -0.488. The molecule has 0 radical (unpaired) electrons. The number of nitrogens with one attached hydrogen (secondary N) is 1. The van der Waals surface area contributed by atoms with Crippen LogP contribution in [0.4, 0.5) is 57.1 Å². The molecule has 0 spiro atoms. The Labute approximate surface area is 156 Å². The molecule has 1 heterocycles. The fraction of sp³-hybridized carbons (Fsp3) is 0.400. The minimum Gasteiger partial charge on any atom is -0.322 e. The van der Waals surface area contributed by atoms with E-state index in [0.29, 0.717) is 0 Å². The molecule has 0 atom stereocenters. The van der Waals surface area contributed by atoms with E-state index in [1.807, 2.05) is 0 Å². The van der Waals surface area contributed by atoms with Gasteiger partial charge in [-0.05, 0) is 17.5 Å². The zero-order valence-corrected chi connectivity index (χ0v) is 13.7. The van der Waals surface area contributed by atoms with Crippen molar-refractivity contribution < 1.29 is 57.1 Å². The third-order valence-corrected chi connectivity index (χ3v) is 4.03. The van der Waals surface area contributed by atoms with Gasteiger partial charge in [-0.15, -0.1) is 0 Å². The molecule has 0 amide bonds. The average molecular weight is 463 g/mol. The molecule has 2 aromatic rings. The Morgan fingerprint density at radius 2 is 1.10 bits per heavy atom. The van der Waals surface area contributed by atoms with Crippen molar-refractivity contribution >= 4 is 10.9 Å². The highest BCUT2D eigenvalue weighted by molar-refractivity contribution is 5.78. The van der Waals surface area contributed by atoms with Gasteiger partial charge < -0.3 is 4.98 Å². The monoisotopic (exact) mass is 463 g/mol. The third kappa shape index (κ3) is 3.00. The third-order valence-electron chi connectivity index (χ3n) is 4.03. The van der Waals surface area contributed by atoms with Crippen LogP contribution < -0.4 is 5.56 Å². The first-order valence-electron chi connectivity index (χ1n) is 7.32. The maximum atomic E-state index is 14.1. The second-order valence-electron chi connectivity index (χ2n) is 5.97. The summed E-state index contributed by atoms with van der Waals surface area (Å²) in [7, 11) is 0. The van der Waals surface area contributed by atoms with Gasteiger partial charge in [0.25, 0.3) is 5.56 Å². The van der Waals surface area contributed by atoms with Gasteiger partial charge in [-0.25, -0.2) is 0 Å². The highest BCUT2D eigenvalue weighted by atomic mass is 19.4. The number of hydrogen-bond acceptors (Lipinski definition) is 1. The number of hydrogen-bond donors (Lipinski definition) is 1. The van der Waals surface area contributed by atoms with Crippen molar-refractivity contribution in [3.05, 3.63) is 46.2 Å². The Kier molecular flexibility index (Phi) is 5.16. The normalized spacial score (nSPS) is 15.0. The average Bonchev–Trinajstić information content (AvgIpc) is 2.59. The second kappa shape index (κ2) is 6.51. The molecule has 1 aromatic heterocycles. The minimum atomic E-state index is -8.02. The van der Waals surface area contributed by atoms with Crippen molar-refractivity contribution in [2.45, 2.75) is 35.8 Å². The van der Waals surface area contributed by atoms with Crippen LogP contribution in [0, 0.1) is 0 Å². The second-order valence-corrected chi connectivity index (χ2v) is 5.97. The van der Waals surface area contributed by atoms with Crippen LogP contribution in [0.3, 0.4) is 0 Å². The van der Waals surface area contributed by atoms with E-state index in [9.17, 15) is 61.9 Å². The van der Waals surface area contributed by atoms with E-state index in [-0.39, 0.29) is 11.6 Å². The Hall–Kier alpha value is -2.48. The van der Waals surface area contributed by atoms with Crippen LogP contribution in [-0.2, 0) is 5.92 Å². The lowest BCUT2D eigenvalue weighted by Crippen LogP contribution is -2.69. The summed E-state index contributed by atoms with van der Waals surface area (Å²) >= 11 is 0. The number of fused-ring (bicyclic) bond motifs is 1. The summed E-state index contributed by atoms with van der Waals surface area (Å²) in [5.41, 5.74) is -5.04. The Balaban J connectivity index is 2.71. The lowest BCUT2D eigenvalue weighted by Gasteiger charge is -2.39. The minimum absolute atomic E-state index is 0.113. The van der Waals surface area contributed by atoms with Crippen molar-refractivity contribution in [2.75, 3.05) is 0 Å². The lowest BCUT2D eigenvalue weighted by molar-refractivity contribution is -0.441. The molecule has 1 N–H and O–H groups in total. The Morgan fingerprint density at radius 1 is 0.633 bits per heavy atom. The molecule has 0 bridgehead atoms. The fourth-order valence-electron chi connectivity index (χ4n) is 2.32. The molecule has 15 heteroatoms. The van der Waals surface area contributed by atoms with E-state index in [4.69, 9.17) is 0 Å². The number of aromatic amines is 1. The summed E-state index contributed by atoms with van der Waals surface area (Å²) < 4.78 is 171. The molecule has 0 unspecified atom stereocenters. The van der Waals surface area contributed by atoms with E-state index >= 15 is 0 Å². The van der Waals surface area contributed by atoms with Crippen LogP contribution in [0.1, 0.15) is 5.56 Å². The number of H-pyrrole nitrogens is 1. The van der Waals surface area contributed by atoms with Gasteiger partial charge in [0.1, 0.15) is 0 Å². The van der Waals surface area contributed by atoms with Crippen molar-refractivity contribution in [1.29, 1.82) is 0 Å². The topological polar surface area (TPSA) is 32.9 Å².